The minimum atomic E-state index is -0.995. The lowest BCUT2D eigenvalue weighted by molar-refractivity contribution is -0.136. The van der Waals surface area contributed by atoms with Crippen LogP contribution in [0, 0.1) is 16.4 Å². The van der Waals surface area contributed by atoms with Gasteiger partial charge in [0.25, 0.3) is 11.8 Å². The fourth-order valence-electron chi connectivity index (χ4n) is 5.81. The minimum Gasteiger partial charge on any atom is -0.382 e. The van der Waals surface area contributed by atoms with Gasteiger partial charge in [-0.25, -0.2) is 0 Å². The van der Waals surface area contributed by atoms with E-state index in [0.29, 0.717) is 24.6 Å². The normalized spacial score (nSPS) is 22.2. The summed E-state index contributed by atoms with van der Waals surface area (Å²) in [6.07, 6.45) is 2.18. The first kappa shape index (κ1) is 28.3. The van der Waals surface area contributed by atoms with Gasteiger partial charge in [-0.3, -0.25) is 34.2 Å². The standard InChI is InChI=1S/C30H33IN4O5/c1-15(2)21-12-18(9-16(3)27(21)31)14-32-25(37)13-17-10-19(11-17)33-22-6-4-5-20-26(22)30(40)35(29(20)39)23-7-8-24(36)34-28(23)38/h4-6,9,12,15,17,19,23,33H,7-8,10-11,13-14H2,1-3H3,(H,32,37)(H,34,36,38). The second-order valence-corrected chi connectivity index (χ2v) is 12.4. The molecule has 2 aromatic rings. The topological polar surface area (TPSA) is 125 Å². The number of hydrogen-bond donors (Lipinski definition) is 3. The average Bonchev–Trinajstić information content (AvgIpc) is 3.13. The van der Waals surface area contributed by atoms with Gasteiger partial charge in [0.1, 0.15) is 6.04 Å². The van der Waals surface area contributed by atoms with Crippen LogP contribution in [0.4, 0.5) is 5.69 Å². The molecule has 10 heteroatoms. The van der Waals surface area contributed by atoms with Crippen molar-refractivity contribution < 1.29 is 24.0 Å². The number of rotatable bonds is 8. The molecule has 2 aliphatic heterocycles. The van der Waals surface area contributed by atoms with Gasteiger partial charge in [0.05, 0.1) is 11.1 Å². The number of hydrogen-bond acceptors (Lipinski definition) is 6. The molecular formula is C30H33IN4O5. The number of carbonyl (C=O) groups is 5. The molecule has 0 radical (unpaired) electrons. The number of amides is 5. The molecule has 40 heavy (non-hydrogen) atoms. The fourth-order valence-corrected chi connectivity index (χ4v) is 6.74. The summed E-state index contributed by atoms with van der Waals surface area (Å²) in [6.45, 7) is 6.94. The van der Waals surface area contributed by atoms with Gasteiger partial charge in [-0.1, -0.05) is 32.0 Å². The van der Waals surface area contributed by atoms with Crippen LogP contribution in [0.1, 0.15) is 89.3 Å². The molecule has 1 saturated carbocycles. The van der Waals surface area contributed by atoms with Gasteiger partial charge >= 0.3 is 0 Å². The molecule has 3 N–H and O–H groups in total. The Balaban J connectivity index is 1.15. The van der Waals surface area contributed by atoms with Crippen LogP contribution in [0.2, 0.25) is 0 Å². The average molecular weight is 657 g/mol. The van der Waals surface area contributed by atoms with Crippen molar-refractivity contribution >= 4 is 57.8 Å². The van der Waals surface area contributed by atoms with E-state index in [9.17, 15) is 24.0 Å². The van der Waals surface area contributed by atoms with Gasteiger partial charge in [-0.05, 0) is 89.4 Å². The minimum absolute atomic E-state index is 0.0204. The van der Waals surface area contributed by atoms with Crippen LogP contribution in [0.5, 0.6) is 0 Å². The molecule has 1 aliphatic carbocycles. The maximum Gasteiger partial charge on any atom is 0.264 e. The van der Waals surface area contributed by atoms with E-state index in [0.717, 1.165) is 23.3 Å². The van der Waals surface area contributed by atoms with Gasteiger partial charge in [-0.15, -0.1) is 0 Å². The third-order valence-electron chi connectivity index (χ3n) is 7.99. The highest BCUT2D eigenvalue weighted by Crippen LogP contribution is 2.37. The lowest BCUT2D eigenvalue weighted by Gasteiger charge is -2.36. The second-order valence-electron chi connectivity index (χ2n) is 11.3. The maximum atomic E-state index is 13.3. The zero-order valence-corrected chi connectivity index (χ0v) is 25.0. The van der Waals surface area contributed by atoms with Crippen LogP contribution < -0.4 is 16.0 Å². The summed E-state index contributed by atoms with van der Waals surface area (Å²) in [5, 5.41) is 8.65. The lowest BCUT2D eigenvalue weighted by Crippen LogP contribution is -2.54. The van der Waals surface area contributed by atoms with Crippen LogP contribution in [0.3, 0.4) is 0 Å². The SMILES string of the molecule is Cc1cc(CNC(=O)CC2CC(Nc3cccc4c3C(=O)N(C3CCC(=O)NC3=O)C4=O)C2)cc(C(C)C)c1I. The number of anilines is 1. The van der Waals surface area contributed by atoms with Gasteiger partial charge in [0, 0.05) is 34.7 Å². The molecule has 1 saturated heterocycles. The first-order valence-corrected chi connectivity index (χ1v) is 14.8. The number of benzene rings is 2. The third kappa shape index (κ3) is 5.50. The summed E-state index contributed by atoms with van der Waals surface area (Å²) >= 11 is 2.38. The summed E-state index contributed by atoms with van der Waals surface area (Å²) < 4.78 is 1.27. The van der Waals surface area contributed by atoms with Crippen molar-refractivity contribution in [2.75, 3.05) is 5.32 Å². The number of imide groups is 2. The molecule has 2 fully saturated rings. The van der Waals surface area contributed by atoms with Crippen molar-refractivity contribution in [3.05, 3.63) is 61.7 Å². The van der Waals surface area contributed by atoms with Crippen molar-refractivity contribution in [1.82, 2.24) is 15.5 Å². The molecule has 1 unspecified atom stereocenters. The van der Waals surface area contributed by atoms with Crippen molar-refractivity contribution in [3.8, 4) is 0 Å². The Kier molecular flexibility index (Phi) is 7.98. The second kappa shape index (κ2) is 11.3. The van der Waals surface area contributed by atoms with Crippen molar-refractivity contribution in [2.24, 2.45) is 5.92 Å². The quantitative estimate of drug-likeness (QED) is 0.292. The fraction of sp³-hybridized carbons (Fsp3) is 0.433. The zero-order chi connectivity index (χ0) is 28.7. The number of piperidine rings is 1. The molecule has 2 heterocycles. The van der Waals surface area contributed by atoms with E-state index < -0.39 is 29.7 Å². The summed E-state index contributed by atoms with van der Waals surface area (Å²) in [7, 11) is 0. The van der Waals surface area contributed by atoms with Crippen molar-refractivity contribution in [2.45, 2.75) is 77.4 Å². The number of nitrogens with one attached hydrogen (secondary N) is 3. The molecule has 1 atom stereocenters. The van der Waals surface area contributed by atoms with E-state index in [1.165, 1.54) is 14.7 Å². The molecule has 5 rings (SSSR count). The highest BCUT2D eigenvalue weighted by molar-refractivity contribution is 14.1. The van der Waals surface area contributed by atoms with Gasteiger partial charge in [0.15, 0.2) is 0 Å². The Morgan fingerprint density at radius 2 is 1.88 bits per heavy atom. The van der Waals surface area contributed by atoms with Gasteiger partial charge < -0.3 is 10.6 Å². The van der Waals surface area contributed by atoms with Crippen molar-refractivity contribution in [3.63, 3.8) is 0 Å². The number of aryl methyl sites for hydroxylation is 1. The van der Waals surface area contributed by atoms with Crippen LogP contribution in [0.25, 0.3) is 0 Å². The van der Waals surface area contributed by atoms with E-state index in [-0.39, 0.29) is 41.8 Å². The van der Waals surface area contributed by atoms with Crippen LogP contribution in [-0.2, 0) is 20.9 Å². The number of fused-ring (bicyclic) bond motifs is 1. The Hall–Kier alpha value is -3.28. The van der Waals surface area contributed by atoms with E-state index >= 15 is 0 Å². The maximum absolute atomic E-state index is 13.3. The van der Waals surface area contributed by atoms with E-state index in [1.54, 1.807) is 18.2 Å². The Morgan fingerprint density at radius 1 is 1.12 bits per heavy atom. The summed E-state index contributed by atoms with van der Waals surface area (Å²) in [4.78, 5) is 63.8. The van der Waals surface area contributed by atoms with E-state index in [4.69, 9.17) is 0 Å². The molecule has 210 valence electrons. The Morgan fingerprint density at radius 3 is 2.58 bits per heavy atom. The summed E-state index contributed by atoms with van der Waals surface area (Å²) in [5.41, 5.74) is 4.68. The number of halogens is 1. The number of carbonyl (C=O) groups excluding carboxylic acids is 5. The third-order valence-corrected chi connectivity index (χ3v) is 9.47. The molecule has 0 aromatic heterocycles. The summed E-state index contributed by atoms with van der Waals surface area (Å²) in [5.74, 6) is -1.41. The smallest absolute Gasteiger partial charge is 0.264 e. The highest BCUT2D eigenvalue weighted by atomic mass is 127. The zero-order valence-electron chi connectivity index (χ0n) is 22.8. The Bertz CT molecular complexity index is 1420. The monoisotopic (exact) mass is 656 g/mol. The van der Waals surface area contributed by atoms with Gasteiger partial charge in [0.2, 0.25) is 17.7 Å². The first-order chi connectivity index (χ1) is 19.0. The molecule has 0 spiro atoms. The molecule has 0 bridgehead atoms. The predicted octanol–water partition coefficient (Wildman–Crippen LogP) is 4.02. The summed E-state index contributed by atoms with van der Waals surface area (Å²) in [6, 6.07) is 8.43. The van der Waals surface area contributed by atoms with Gasteiger partial charge in [-0.2, -0.15) is 0 Å². The van der Waals surface area contributed by atoms with Crippen LogP contribution in [0.15, 0.2) is 30.3 Å². The van der Waals surface area contributed by atoms with Crippen LogP contribution >= 0.6 is 22.6 Å². The van der Waals surface area contributed by atoms with Crippen molar-refractivity contribution in [1.29, 1.82) is 0 Å². The van der Waals surface area contributed by atoms with E-state index in [2.05, 4.69) is 71.4 Å². The number of nitrogens with zero attached hydrogens (tertiary/aromatic N) is 1. The molecular weight excluding hydrogens is 623 g/mol. The van der Waals surface area contributed by atoms with Crippen LogP contribution in [-0.4, -0.2) is 46.5 Å². The largest absolute Gasteiger partial charge is 0.382 e. The molecule has 3 aliphatic rings. The first-order valence-electron chi connectivity index (χ1n) is 13.7. The lowest BCUT2D eigenvalue weighted by atomic mass is 9.78. The molecule has 2 aromatic carbocycles. The Labute approximate surface area is 247 Å². The molecule has 9 nitrogen and oxygen atoms in total. The molecule has 5 amide bonds. The van der Waals surface area contributed by atoms with E-state index in [1.807, 2.05) is 0 Å². The highest BCUT2D eigenvalue weighted by Gasteiger charge is 2.46. The predicted molar refractivity (Wildman–Crippen MR) is 158 cm³/mol.